The molecular weight excluding hydrogens is 378 g/mol. The van der Waals surface area contributed by atoms with Crippen LogP contribution >= 0.6 is 0 Å². The molecule has 154 valence electrons. The second-order valence-corrected chi connectivity index (χ2v) is 7.85. The minimum absolute atomic E-state index is 0.00370. The molecule has 0 spiro atoms. The smallest absolute Gasteiger partial charge is 0.315 e. The molecule has 1 aliphatic heterocycles. The van der Waals surface area contributed by atoms with Gasteiger partial charge in [-0.05, 0) is 49.4 Å². The minimum atomic E-state index is -0.678. The number of carbonyl (C=O) groups is 2. The summed E-state index contributed by atoms with van der Waals surface area (Å²) >= 11 is 0. The number of hydrogen-bond acceptors (Lipinski definition) is 5. The van der Waals surface area contributed by atoms with E-state index in [2.05, 4.69) is 0 Å². The Labute approximate surface area is 176 Å². The normalized spacial score (nSPS) is 23.6. The van der Waals surface area contributed by atoms with Crippen molar-refractivity contribution in [3.05, 3.63) is 77.0 Å². The molecule has 0 saturated carbocycles. The van der Waals surface area contributed by atoms with E-state index in [1.165, 1.54) is 0 Å². The fourth-order valence-electron chi connectivity index (χ4n) is 4.64. The highest BCUT2D eigenvalue weighted by Gasteiger charge is 2.44. The molecule has 1 N–H and O–H groups in total. The van der Waals surface area contributed by atoms with Gasteiger partial charge in [0.25, 0.3) is 0 Å². The SMILES string of the molecule is CCOC(=O)C1C(C)=NC2=C(C(=O)C[C@@H](c3ccccc3)C2)[C@H]1c1cccc(O)c1. The van der Waals surface area contributed by atoms with Crippen LogP contribution in [-0.2, 0) is 14.3 Å². The van der Waals surface area contributed by atoms with Crippen molar-refractivity contribution in [1.82, 2.24) is 0 Å². The van der Waals surface area contributed by atoms with Crippen LogP contribution in [0.3, 0.4) is 0 Å². The van der Waals surface area contributed by atoms with Crippen molar-refractivity contribution in [2.75, 3.05) is 6.61 Å². The number of allylic oxidation sites excluding steroid dienone is 2. The average Bonchev–Trinajstić information content (AvgIpc) is 2.73. The summed E-state index contributed by atoms with van der Waals surface area (Å²) in [5.74, 6) is -1.41. The van der Waals surface area contributed by atoms with E-state index in [0.29, 0.717) is 24.1 Å². The van der Waals surface area contributed by atoms with Crippen LogP contribution in [0.4, 0.5) is 0 Å². The van der Waals surface area contributed by atoms with Crippen molar-refractivity contribution in [1.29, 1.82) is 0 Å². The second-order valence-electron chi connectivity index (χ2n) is 7.85. The van der Waals surface area contributed by atoms with Gasteiger partial charge < -0.3 is 9.84 Å². The van der Waals surface area contributed by atoms with Gasteiger partial charge >= 0.3 is 5.97 Å². The molecule has 0 aromatic heterocycles. The summed E-state index contributed by atoms with van der Waals surface area (Å²) in [4.78, 5) is 30.9. The number of Topliss-reactive ketones (excluding diaryl/α,β-unsaturated/α-hetero) is 1. The number of aromatic hydroxyl groups is 1. The first-order valence-corrected chi connectivity index (χ1v) is 10.3. The van der Waals surface area contributed by atoms with E-state index >= 15 is 0 Å². The van der Waals surface area contributed by atoms with Gasteiger partial charge in [0.2, 0.25) is 0 Å². The van der Waals surface area contributed by atoms with Crippen LogP contribution in [0.2, 0.25) is 0 Å². The van der Waals surface area contributed by atoms with Gasteiger partial charge in [0, 0.05) is 29.3 Å². The van der Waals surface area contributed by atoms with Crippen molar-refractivity contribution < 1.29 is 19.4 Å². The average molecular weight is 403 g/mol. The van der Waals surface area contributed by atoms with E-state index < -0.39 is 17.8 Å². The zero-order valence-corrected chi connectivity index (χ0v) is 17.2. The highest BCUT2D eigenvalue weighted by molar-refractivity contribution is 6.09. The molecule has 2 aromatic carbocycles. The highest BCUT2D eigenvalue weighted by Crippen LogP contribution is 2.47. The van der Waals surface area contributed by atoms with Crippen LogP contribution < -0.4 is 0 Å². The van der Waals surface area contributed by atoms with E-state index in [1.807, 2.05) is 43.3 Å². The third-order valence-corrected chi connectivity index (χ3v) is 5.93. The Balaban J connectivity index is 1.81. The number of ketones is 1. The number of benzene rings is 2. The molecule has 3 atom stereocenters. The van der Waals surface area contributed by atoms with Gasteiger partial charge in [-0.1, -0.05) is 42.5 Å². The van der Waals surface area contributed by atoms with E-state index in [1.54, 1.807) is 25.1 Å². The molecule has 30 heavy (non-hydrogen) atoms. The number of phenolic OH excluding ortho intramolecular Hbond substituents is 1. The summed E-state index contributed by atoms with van der Waals surface area (Å²) in [6, 6.07) is 16.8. The molecule has 2 aliphatic rings. The minimum Gasteiger partial charge on any atom is -0.508 e. The Morgan fingerprint density at radius 2 is 1.83 bits per heavy atom. The van der Waals surface area contributed by atoms with Gasteiger partial charge in [-0.3, -0.25) is 14.6 Å². The van der Waals surface area contributed by atoms with Crippen LogP contribution in [0.5, 0.6) is 5.75 Å². The summed E-state index contributed by atoms with van der Waals surface area (Å²) in [5, 5.41) is 10.0. The maximum Gasteiger partial charge on any atom is 0.315 e. The standard InChI is InChI=1S/C25H25NO4/c1-3-30-25(29)22-15(2)26-20-13-18(16-8-5-4-6-9-16)14-21(28)24(20)23(22)17-10-7-11-19(27)12-17/h4-12,18,22-23,27H,3,13-14H2,1-2H3/t18-,22?,23-/m0/s1. The van der Waals surface area contributed by atoms with Crippen LogP contribution in [0, 0.1) is 5.92 Å². The Bertz CT molecular complexity index is 1040. The van der Waals surface area contributed by atoms with E-state index in [9.17, 15) is 14.7 Å². The molecule has 0 saturated heterocycles. The third-order valence-electron chi connectivity index (χ3n) is 5.93. The van der Waals surface area contributed by atoms with Gasteiger partial charge in [-0.2, -0.15) is 0 Å². The summed E-state index contributed by atoms with van der Waals surface area (Å²) in [5.41, 5.74) is 3.80. The maximum atomic E-state index is 13.4. The topological polar surface area (TPSA) is 76.0 Å². The molecule has 1 unspecified atom stereocenters. The van der Waals surface area contributed by atoms with Gasteiger partial charge in [-0.25, -0.2) is 0 Å². The summed E-state index contributed by atoms with van der Waals surface area (Å²) < 4.78 is 5.32. The summed E-state index contributed by atoms with van der Waals surface area (Å²) in [6.07, 6.45) is 1.02. The molecule has 1 aliphatic carbocycles. The molecule has 0 amide bonds. The number of hydrogen-bond donors (Lipinski definition) is 1. The van der Waals surface area contributed by atoms with Crippen LogP contribution in [0.15, 0.2) is 70.9 Å². The first-order valence-electron chi connectivity index (χ1n) is 10.3. The zero-order valence-electron chi connectivity index (χ0n) is 17.2. The van der Waals surface area contributed by atoms with Crippen molar-refractivity contribution in [3.63, 3.8) is 0 Å². The Kier molecular flexibility index (Phi) is 5.53. The molecule has 0 radical (unpaired) electrons. The lowest BCUT2D eigenvalue weighted by atomic mass is 9.69. The maximum absolute atomic E-state index is 13.4. The van der Waals surface area contributed by atoms with E-state index in [0.717, 1.165) is 16.8 Å². The molecule has 4 rings (SSSR count). The molecular formula is C25H25NO4. The second kappa shape index (κ2) is 8.27. The van der Waals surface area contributed by atoms with Gasteiger partial charge in [0.05, 0.1) is 6.61 Å². The molecule has 5 nitrogen and oxygen atoms in total. The predicted molar refractivity (Wildman–Crippen MR) is 115 cm³/mol. The molecule has 2 aromatic rings. The van der Waals surface area contributed by atoms with E-state index in [-0.39, 0.29) is 24.1 Å². The quantitative estimate of drug-likeness (QED) is 0.761. The summed E-state index contributed by atoms with van der Waals surface area (Å²) in [6.45, 7) is 3.83. The number of nitrogens with zero attached hydrogens (tertiary/aromatic N) is 1. The van der Waals surface area contributed by atoms with Crippen LogP contribution in [0.1, 0.15) is 49.7 Å². The molecule has 1 heterocycles. The largest absolute Gasteiger partial charge is 0.508 e. The van der Waals surface area contributed by atoms with E-state index in [4.69, 9.17) is 9.73 Å². The highest BCUT2D eigenvalue weighted by atomic mass is 16.5. The summed E-state index contributed by atoms with van der Waals surface area (Å²) in [7, 11) is 0. The van der Waals surface area contributed by atoms with Crippen LogP contribution in [-0.4, -0.2) is 29.2 Å². The third kappa shape index (κ3) is 3.67. The fraction of sp³-hybridized carbons (Fsp3) is 0.320. The lowest BCUT2D eigenvalue weighted by molar-refractivity contribution is -0.146. The van der Waals surface area contributed by atoms with Crippen molar-refractivity contribution >= 4 is 17.5 Å². The molecule has 0 fully saturated rings. The number of aliphatic imine (C=N–C) groups is 1. The molecule has 5 heteroatoms. The van der Waals surface area contributed by atoms with Gasteiger partial charge in [0.1, 0.15) is 11.7 Å². The first kappa shape index (κ1) is 20.1. The number of ether oxygens (including phenoxy) is 1. The zero-order chi connectivity index (χ0) is 21.3. The van der Waals surface area contributed by atoms with Gasteiger partial charge in [0.15, 0.2) is 5.78 Å². The first-order chi connectivity index (χ1) is 14.5. The Morgan fingerprint density at radius 1 is 1.10 bits per heavy atom. The lowest BCUT2D eigenvalue weighted by Crippen LogP contribution is -2.38. The Hall–Kier alpha value is -3.21. The van der Waals surface area contributed by atoms with Crippen molar-refractivity contribution in [3.8, 4) is 5.75 Å². The lowest BCUT2D eigenvalue weighted by Gasteiger charge is -2.36. The molecule has 0 bridgehead atoms. The number of rotatable bonds is 4. The van der Waals surface area contributed by atoms with Crippen molar-refractivity contribution in [2.24, 2.45) is 10.9 Å². The van der Waals surface area contributed by atoms with Gasteiger partial charge in [-0.15, -0.1) is 0 Å². The fourth-order valence-corrected chi connectivity index (χ4v) is 4.64. The number of carbonyl (C=O) groups excluding carboxylic acids is 2. The number of phenols is 1. The van der Waals surface area contributed by atoms with Crippen molar-refractivity contribution in [2.45, 2.75) is 38.5 Å². The predicted octanol–water partition coefficient (Wildman–Crippen LogP) is 4.53. The van der Waals surface area contributed by atoms with Crippen LogP contribution in [0.25, 0.3) is 0 Å². The number of esters is 1. The monoisotopic (exact) mass is 403 g/mol. The Morgan fingerprint density at radius 3 is 2.53 bits per heavy atom.